The van der Waals surface area contributed by atoms with Gasteiger partial charge in [-0.25, -0.2) is 0 Å². The molecule has 2 amide bonds. The molecular formula is C21H29N3O5. The molecule has 2 N–H and O–H groups in total. The van der Waals surface area contributed by atoms with Crippen LogP contribution in [0.25, 0.3) is 0 Å². The first kappa shape index (κ1) is 21.0. The van der Waals surface area contributed by atoms with Gasteiger partial charge in [0.15, 0.2) is 0 Å². The molecule has 2 heterocycles. The number of piperazine rings is 1. The molecule has 2 saturated heterocycles. The lowest BCUT2D eigenvalue weighted by Crippen LogP contribution is -2.49. The highest BCUT2D eigenvalue weighted by molar-refractivity contribution is 5.80. The molecule has 0 saturated carbocycles. The zero-order valence-corrected chi connectivity index (χ0v) is 16.9. The van der Waals surface area contributed by atoms with Gasteiger partial charge in [-0.2, -0.15) is 0 Å². The summed E-state index contributed by atoms with van der Waals surface area (Å²) >= 11 is 0. The largest absolute Gasteiger partial charge is 0.497 e. The summed E-state index contributed by atoms with van der Waals surface area (Å²) in [5.41, 5.74) is 0.551. The Morgan fingerprint density at radius 3 is 2.31 bits per heavy atom. The molecule has 1 unspecified atom stereocenters. The maximum atomic E-state index is 12.7. The summed E-state index contributed by atoms with van der Waals surface area (Å²) in [6, 6.07) is 7.90. The average molecular weight is 403 g/mol. The highest BCUT2D eigenvalue weighted by Crippen LogP contribution is 2.30. The van der Waals surface area contributed by atoms with Crippen molar-refractivity contribution in [1.82, 2.24) is 10.2 Å². The molecule has 0 aromatic heterocycles. The molecular weight excluding hydrogens is 374 g/mol. The number of anilines is 1. The number of carboxylic acids is 1. The van der Waals surface area contributed by atoms with E-state index in [1.54, 1.807) is 7.11 Å². The number of carbonyl (C=O) groups is 3. The summed E-state index contributed by atoms with van der Waals surface area (Å²) in [6.07, 6.45) is 2.17. The van der Waals surface area contributed by atoms with E-state index in [2.05, 4.69) is 10.2 Å². The molecule has 2 aliphatic rings. The van der Waals surface area contributed by atoms with Crippen LogP contribution in [-0.2, 0) is 14.4 Å². The molecule has 0 spiro atoms. The monoisotopic (exact) mass is 403 g/mol. The SMILES string of the molecule is COc1ccc(N2CCN(C(=O)CCC3(CCC(=O)O)CCC(=O)N3)CC2)cc1. The normalized spacial score (nSPS) is 21.8. The van der Waals surface area contributed by atoms with Gasteiger partial charge < -0.3 is 25.0 Å². The molecule has 3 rings (SSSR count). The Labute approximate surface area is 170 Å². The highest BCUT2D eigenvalue weighted by atomic mass is 16.5. The van der Waals surface area contributed by atoms with Crippen LogP contribution in [0.3, 0.4) is 0 Å². The number of ether oxygens (including phenoxy) is 1. The van der Waals surface area contributed by atoms with Crippen molar-refractivity contribution in [1.29, 1.82) is 0 Å². The van der Waals surface area contributed by atoms with Crippen LogP contribution in [0.15, 0.2) is 24.3 Å². The minimum Gasteiger partial charge on any atom is -0.497 e. The van der Waals surface area contributed by atoms with E-state index in [4.69, 9.17) is 9.84 Å². The number of nitrogens with zero attached hydrogens (tertiary/aromatic N) is 2. The first-order chi connectivity index (χ1) is 13.9. The van der Waals surface area contributed by atoms with Crippen LogP contribution in [0, 0.1) is 0 Å². The third-order valence-corrected chi connectivity index (χ3v) is 5.94. The number of methoxy groups -OCH3 is 1. The Morgan fingerprint density at radius 2 is 1.76 bits per heavy atom. The smallest absolute Gasteiger partial charge is 0.303 e. The zero-order valence-electron chi connectivity index (χ0n) is 16.9. The molecule has 1 aromatic carbocycles. The topological polar surface area (TPSA) is 99.2 Å². The van der Waals surface area contributed by atoms with E-state index >= 15 is 0 Å². The van der Waals surface area contributed by atoms with Gasteiger partial charge in [0.2, 0.25) is 11.8 Å². The van der Waals surface area contributed by atoms with Crippen molar-refractivity contribution in [3.05, 3.63) is 24.3 Å². The molecule has 0 radical (unpaired) electrons. The van der Waals surface area contributed by atoms with E-state index < -0.39 is 11.5 Å². The second-order valence-corrected chi connectivity index (χ2v) is 7.79. The van der Waals surface area contributed by atoms with Crippen molar-refractivity contribution >= 4 is 23.5 Å². The fourth-order valence-corrected chi connectivity index (χ4v) is 4.13. The molecule has 29 heavy (non-hydrogen) atoms. The second-order valence-electron chi connectivity index (χ2n) is 7.79. The Morgan fingerprint density at radius 1 is 1.10 bits per heavy atom. The molecule has 8 heteroatoms. The summed E-state index contributed by atoms with van der Waals surface area (Å²) in [5.74, 6) is -0.0592. The molecule has 0 aliphatic carbocycles. The van der Waals surface area contributed by atoms with Gasteiger partial charge in [-0.15, -0.1) is 0 Å². The first-order valence-electron chi connectivity index (χ1n) is 10.1. The van der Waals surface area contributed by atoms with Crippen molar-refractivity contribution in [2.75, 3.05) is 38.2 Å². The van der Waals surface area contributed by atoms with Crippen molar-refractivity contribution in [2.45, 2.75) is 44.1 Å². The summed E-state index contributed by atoms with van der Waals surface area (Å²) < 4.78 is 5.19. The minimum atomic E-state index is -0.883. The number of rotatable bonds is 8. The highest BCUT2D eigenvalue weighted by Gasteiger charge is 2.38. The number of hydrogen-bond acceptors (Lipinski definition) is 5. The molecule has 0 bridgehead atoms. The van der Waals surface area contributed by atoms with E-state index in [0.717, 1.165) is 24.5 Å². The van der Waals surface area contributed by atoms with Crippen molar-refractivity contribution < 1.29 is 24.2 Å². The Kier molecular flexibility index (Phi) is 6.61. The van der Waals surface area contributed by atoms with Crippen LogP contribution >= 0.6 is 0 Å². The van der Waals surface area contributed by atoms with Gasteiger partial charge in [-0.05, 0) is 43.5 Å². The third kappa shape index (κ3) is 5.40. The van der Waals surface area contributed by atoms with Crippen LogP contribution in [0.4, 0.5) is 5.69 Å². The Hall–Kier alpha value is -2.77. The van der Waals surface area contributed by atoms with E-state index in [-0.39, 0.29) is 18.2 Å². The number of amides is 2. The van der Waals surface area contributed by atoms with Crippen molar-refractivity contribution in [3.63, 3.8) is 0 Å². The van der Waals surface area contributed by atoms with Gasteiger partial charge in [-0.3, -0.25) is 14.4 Å². The minimum absolute atomic E-state index is 0.00495. The van der Waals surface area contributed by atoms with Gasteiger partial charge in [0.25, 0.3) is 0 Å². The van der Waals surface area contributed by atoms with Gasteiger partial charge >= 0.3 is 5.97 Å². The van der Waals surface area contributed by atoms with Crippen molar-refractivity contribution in [3.8, 4) is 5.75 Å². The lowest BCUT2D eigenvalue weighted by atomic mass is 9.86. The summed E-state index contributed by atoms with van der Waals surface area (Å²) in [6.45, 7) is 2.83. The zero-order chi connectivity index (χ0) is 20.9. The average Bonchev–Trinajstić information content (AvgIpc) is 3.12. The fraction of sp³-hybridized carbons (Fsp3) is 0.571. The lowest BCUT2D eigenvalue weighted by Gasteiger charge is -2.37. The molecule has 158 valence electrons. The maximum absolute atomic E-state index is 12.7. The Balaban J connectivity index is 1.49. The predicted molar refractivity (Wildman–Crippen MR) is 108 cm³/mol. The van der Waals surface area contributed by atoms with Gasteiger partial charge in [0.05, 0.1) is 7.11 Å². The van der Waals surface area contributed by atoms with Crippen LogP contribution in [0.1, 0.15) is 38.5 Å². The number of carboxylic acid groups (broad SMARTS) is 1. The van der Waals surface area contributed by atoms with E-state index in [1.807, 2.05) is 29.2 Å². The standard InChI is InChI=1S/C21H29N3O5/c1-29-17-4-2-16(3-5-17)23-12-14-24(15-13-23)19(26)7-10-21(11-8-20(27)28)9-6-18(25)22-21/h2-5H,6-15H2,1H3,(H,22,25)(H,27,28). The van der Waals surface area contributed by atoms with Crippen LogP contribution in [-0.4, -0.2) is 66.6 Å². The number of hydrogen-bond donors (Lipinski definition) is 2. The second kappa shape index (κ2) is 9.15. The Bertz CT molecular complexity index is 743. The molecule has 2 fully saturated rings. The van der Waals surface area contributed by atoms with Gasteiger partial charge in [-0.1, -0.05) is 0 Å². The van der Waals surface area contributed by atoms with Crippen LogP contribution < -0.4 is 15.0 Å². The fourth-order valence-electron chi connectivity index (χ4n) is 4.13. The van der Waals surface area contributed by atoms with Crippen molar-refractivity contribution in [2.24, 2.45) is 0 Å². The van der Waals surface area contributed by atoms with Crippen LogP contribution in [0.2, 0.25) is 0 Å². The number of nitrogens with one attached hydrogen (secondary N) is 1. The quantitative estimate of drug-likeness (QED) is 0.685. The summed E-state index contributed by atoms with van der Waals surface area (Å²) in [7, 11) is 1.64. The van der Waals surface area contributed by atoms with Gasteiger partial charge in [0.1, 0.15) is 5.75 Å². The first-order valence-corrected chi connectivity index (χ1v) is 10.1. The van der Waals surface area contributed by atoms with E-state index in [9.17, 15) is 14.4 Å². The predicted octanol–water partition coefficient (Wildman–Crippen LogP) is 1.64. The number of benzene rings is 1. The summed E-state index contributed by atoms with van der Waals surface area (Å²) in [5, 5.41) is 11.9. The van der Waals surface area contributed by atoms with Crippen LogP contribution in [0.5, 0.6) is 5.75 Å². The molecule has 2 aliphatic heterocycles. The maximum Gasteiger partial charge on any atom is 0.303 e. The number of aliphatic carboxylic acids is 1. The van der Waals surface area contributed by atoms with E-state index in [1.165, 1.54) is 0 Å². The van der Waals surface area contributed by atoms with E-state index in [0.29, 0.717) is 45.2 Å². The molecule has 8 nitrogen and oxygen atoms in total. The number of carbonyl (C=O) groups excluding carboxylic acids is 2. The molecule has 1 atom stereocenters. The summed E-state index contributed by atoms with van der Waals surface area (Å²) in [4.78, 5) is 39.5. The lowest BCUT2D eigenvalue weighted by molar-refractivity contribution is -0.137. The molecule has 1 aromatic rings. The van der Waals surface area contributed by atoms with Gasteiger partial charge in [0, 0.05) is 56.7 Å². The third-order valence-electron chi connectivity index (χ3n) is 5.94.